The van der Waals surface area contributed by atoms with Gasteiger partial charge < -0.3 is 19.5 Å². The summed E-state index contributed by atoms with van der Waals surface area (Å²) in [5.74, 6) is 0.985. The van der Waals surface area contributed by atoms with E-state index in [-0.39, 0.29) is 18.4 Å². The number of carbonyl (C=O) groups excluding carboxylic acids is 2. The highest BCUT2D eigenvalue weighted by Crippen LogP contribution is 2.30. The van der Waals surface area contributed by atoms with Crippen LogP contribution in [0.2, 0.25) is 0 Å². The Hall–Kier alpha value is -3.54. The number of fused-ring (bicyclic) bond motifs is 1. The van der Waals surface area contributed by atoms with E-state index in [1.54, 1.807) is 11.1 Å². The lowest BCUT2D eigenvalue weighted by molar-refractivity contribution is -0.141. The molecule has 2 atom stereocenters. The van der Waals surface area contributed by atoms with Crippen LogP contribution >= 0.6 is 0 Å². The molecular weight excluding hydrogens is 456 g/mol. The average molecular weight is 493 g/mol. The standard InChI is InChI=1S/C27H36N6O3/c1-3-11-32(16-20-7-8-20)25(34)17-33-12-5-4-6-21(26(33)35)15-29-27(30-18-28)31-23-9-10-24-22(14-23)13-19(2)36-24/h9-10,13-15,20-21,27,30-31H,3-8,11-12,16-17H2,1-2H3/b29-15-. The molecule has 4 rings (SSSR count). The minimum atomic E-state index is -0.717. The molecule has 1 aliphatic heterocycles. The van der Waals surface area contributed by atoms with Crippen molar-refractivity contribution < 1.29 is 14.0 Å². The van der Waals surface area contributed by atoms with Crippen molar-refractivity contribution in [2.24, 2.45) is 16.8 Å². The monoisotopic (exact) mass is 492 g/mol. The van der Waals surface area contributed by atoms with Crippen LogP contribution in [-0.4, -0.2) is 60.3 Å². The quantitative estimate of drug-likeness (QED) is 0.213. The normalized spacial score (nSPS) is 19.2. The van der Waals surface area contributed by atoms with Crippen molar-refractivity contribution in [3.8, 4) is 6.19 Å². The zero-order valence-corrected chi connectivity index (χ0v) is 21.2. The summed E-state index contributed by atoms with van der Waals surface area (Å²) in [4.78, 5) is 34.5. The molecule has 0 radical (unpaired) electrons. The topological polar surface area (TPSA) is 114 Å². The number of nitriles is 1. The fourth-order valence-corrected chi connectivity index (χ4v) is 4.68. The minimum Gasteiger partial charge on any atom is -0.461 e. The number of furan rings is 1. The Bertz CT molecular complexity index is 1130. The Balaban J connectivity index is 1.40. The fraction of sp³-hybridized carbons (Fsp3) is 0.556. The van der Waals surface area contributed by atoms with Crippen molar-refractivity contribution in [1.29, 1.82) is 5.26 Å². The van der Waals surface area contributed by atoms with E-state index in [9.17, 15) is 14.9 Å². The molecule has 2 unspecified atom stereocenters. The van der Waals surface area contributed by atoms with Gasteiger partial charge in [-0.05, 0) is 69.2 Å². The van der Waals surface area contributed by atoms with Gasteiger partial charge >= 0.3 is 0 Å². The van der Waals surface area contributed by atoms with Gasteiger partial charge in [-0.15, -0.1) is 0 Å². The van der Waals surface area contributed by atoms with Gasteiger partial charge in [-0.3, -0.25) is 19.9 Å². The largest absolute Gasteiger partial charge is 0.461 e. The van der Waals surface area contributed by atoms with E-state index in [1.807, 2.05) is 42.3 Å². The molecule has 1 saturated heterocycles. The number of likely N-dealkylation sites (tertiary alicyclic amines) is 1. The van der Waals surface area contributed by atoms with E-state index in [0.717, 1.165) is 54.8 Å². The number of aryl methyl sites for hydroxylation is 1. The van der Waals surface area contributed by atoms with Crippen LogP contribution in [0, 0.1) is 30.2 Å². The summed E-state index contributed by atoms with van der Waals surface area (Å²) in [7, 11) is 0. The first-order valence-electron chi connectivity index (χ1n) is 13.0. The highest BCUT2D eigenvalue weighted by Gasteiger charge is 2.31. The van der Waals surface area contributed by atoms with Crippen molar-refractivity contribution in [1.82, 2.24) is 15.1 Å². The predicted octanol–water partition coefficient (Wildman–Crippen LogP) is 3.86. The number of benzene rings is 1. The van der Waals surface area contributed by atoms with Crippen LogP contribution in [-0.2, 0) is 9.59 Å². The van der Waals surface area contributed by atoms with E-state index in [4.69, 9.17) is 4.42 Å². The van der Waals surface area contributed by atoms with Gasteiger partial charge in [0.25, 0.3) is 0 Å². The summed E-state index contributed by atoms with van der Waals surface area (Å²) in [6.45, 7) is 6.21. The van der Waals surface area contributed by atoms with Crippen molar-refractivity contribution in [2.75, 3.05) is 31.5 Å². The first-order valence-corrected chi connectivity index (χ1v) is 13.0. The lowest BCUT2D eigenvalue weighted by Crippen LogP contribution is -2.45. The number of anilines is 1. The lowest BCUT2D eigenvalue weighted by Gasteiger charge is -2.28. The first-order chi connectivity index (χ1) is 17.5. The van der Waals surface area contributed by atoms with Crippen LogP contribution in [0.15, 0.2) is 33.7 Å². The molecule has 1 saturated carbocycles. The second-order valence-corrected chi connectivity index (χ2v) is 9.86. The number of rotatable bonds is 11. The molecule has 2 amide bonds. The maximum absolute atomic E-state index is 13.3. The number of nitrogens with zero attached hydrogens (tertiary/aromatic N) is 4. The van der Waals surface area contributed by atoms with Gasteiger partial charge in [-0.2, -0.15) is 5.26 Å². The number of carbonyl (C=O) groups is 2. The molecule has 2 aliphatic rings. The molecule has 2 heterocycles. The number of amides is 2. The van der Waals surface area contributed by atoms with Crippen LogP contribution < -0.4 is 10.6 Å². The Morgan fingerprint density at radius 1 is 1.33 bits per heavy atom. The van der Waals surface area contributed by atoms with E-state index < -0.39 is 12.2 Å². The van der Waals surface area contributed by atoms with Gasteiger partial charge in [0.2, 0.25) is 18.1 Å². The molecule has 9 heteroatoms. The van der Waals surface area contributed by atoms with Crippen LogP contribution in [0.5, 0.6) is 0 Å². The number of nitrogens with one attached hydrogen (secondary N) is 2. The van der Waals surface area contributed by atoms with Gasteiger partial charge in [-0.1, -0.05) is 13.3 Å². The molecule has 2 fully saturated rings. The van der Waals surface area contributed by atoms with Crippen molar-refractivity contribution in [3.63, 3.8) is 0 Å². The third-order valence-corrected chi connectivity index (χ3v) is 6.73. The average Bonchev–Trinajstić information content (AvgIpc) is 3.62. The van der Waals surface area contributed by atoms with Gasteiger partial charge in [0, 0.05) is 36.9 Å². The van der Waals surface area contributed by atoms with Crippen LogP contribution in [0.1, 0.15) is 51.2 Å². The zero-order chi connectivity index (χ0) is 25.5. The smallest absolute Gasteiger partial charge is 0.242 e. The molecule has 36 heavy (non-hydrogen) atoms. The molecule has 2 aromatic rings. The van der Waals surface area contributed by atoms with E-state index in [0.29, 0.717) is 18.9 Å². The highest BCUT2D eigenvalue weighted by molar-refractivity contribution is 5.95. The second-order valence-electron chi connectivity index (χ2n) is 9.86. The molecule has 9 nitrogen and oxygen atoms in total. The SMILES string of the molecule is CCCN(CC1CC1)C(=O)CN1CCCCC(/C=N\C(NC#N)Nc2ccc3oc(C)cc3c2)C1=O. The van der Waals surface area contributed by atoms with E-state index in [1.165, 1.54) is 12.8 Å². The Morgan fingerprint density at radius 2 is 2.17 bits per heavy atom. The van der Waals surface area contributed by atoms with Crippen molar-refractivity contribution in [2.45, 2.75) is 58.7 Å². The summed E-state index contributed by atoms with van der Waals surface area (Å²) in [5.41, 5.74) is 1.57. The molecule has 192 valence electrons. The molecule has 1 aromatic heterocycles. The summed E-state index contributed by atoms with van der Waals surface area (Å²) in [6, 6.07) is 7.61. The number of hydrogen-bond acceptors (Lipinski definition) is 7. The third kappa shape index (κ3) is 6.78. The van der Waals surface area contributed by atoms with Gasteiger partial charge in [0.1, 0.15) is 11.3 Å². The molecule has 0 spiro atoms. The molecule has 0 bridgehead atoms. The molecular formula is C27H36N6O3. The maximum Gasteiger partial charge on any atom is 0.242 e. The van der Waals surface area contributed by atoms with Crippen molar-refractivity contribution in [3.05, 3.63) is 30.0 Å². The molecule has 2 N–H and O–H groups in total. The van der Waals surface area contributed by atoms with Gasteiger partial charge in [0.15, 0.2) is 6.19 Å². The highest BCUT2D eigenvalue weighted by atomic mass is 16.3. The zero-order valence-electron chi connectivity index (χ0n) is 21.2. The van der Waals surface area contributed by atoms with E-state index >= 15 is 0 Å². The van der Waals surface area contributed by atoms with Crippen molar-refractivity contribution >= 4 is 34.7 Å². The first kappa shape index (κ1) is 25.5. The summed E-state index contributed by atoms with van der Waals surface area (Å²) >= 11 is 0. The van der Waals surface area contributed by atoms with Crippen LogP contribution in [0.4, 0.5) is 5.69 Å². The molecule has 1 aliphatic carbocycles. The maximum atomic E-state index is 13.3. The Labute approximate surface area is 212 Å². The minimum absolute atomic E-state index is 0.0326. The second kappa shape index (κ2) is 11.9. The lowest BCUT2D eigenvalue weighted by atomic mass is 10.0. The predicted molar refractivity (Wildman–Crippen MR) is 139 cm³/mol. The molecule has 1 aromatic carbocycles. The van der Waals surface area contributed by atoms with Crippen LogP contribution in [0.3, 0.4) is 0 Å². The van der Waals surface area contributed by atoms with Crippen LogP contribution in [0.25, 0.3) is 11.0 Å². The Kier molecular flexibility index (Phi) is 8.47. The van der Waals surface area contributed by atoms with Gasteiger partial charge in [0.05, 0.1) is 12.5 Å². The number of aliphatic imine (C=N–C) groups is 1. The summed E-state index contributed by atoms with van der Waals surface area (Å²) in [5, 5.41) is 16.0. The number of hydrogen-bond donors (Lipinski definition) is 2. The Morgan fingerprint density at radius 3 is 2.92 bits per heavy atom. The summed E-state index contributed by atoms with van der Waals surface area (Å²) < 4.78 is 5.62. The van der Waals surface area contributed by atoms with Gasteiger partial charge in [-0.25, -0.2) is 0 Å². The fourth-order valence-electron chi connectivity index (χ4n) is 4.68. The third-order valence-electron chi connectivity index (χ3n) is 6.73. The summed E-state index contributed by atoms with van der Waals surface area (Å²) in [6.07, 6.45) is 8.55. The van der Waals surface area contributed by atoms with E-state index in [2.05, 4.69) is 22.5 Å².